The maximum Gasteiger partial charge on any atom is 0.255 e. The minimum atomic E-state index is -3.50. The molecule has 0 spiro atoms. The first-order valence-corrected chi connectivity index (χ1v) is 14.4. The number of benzene rings is 3. The van der Waals surface area contributed by atoms with E-state index < -0.39 is 27.7 Å². The summed E-state index contributed by atoms with van der Waals surface area (Å²) in [5, 5.41) is 13.4. The number of rotatable bonds is 11. The fourth-order valence-corrected chi connectivity index (χ4v) is 6.48. The molecule has 218 valence electrons. The smallest absolute Gasteiger partial charge is 0.255 e. The molecule has 0 bridgehead atoms. The predicted molar refractivity (Wildman–Crippen MR) is 154 cm³/mol. The molecule has 1 amide bonds. The van der Waals surface area contributed by atoms with Crippen LogP contribution in [0.5, 0.6) is 23.0 Å². The summed E-state index contributed by atoms with van der Waals surface area (Å²) in [4.78, 5) is 27.8. The number of ether oxygens (including phenoxy) is 4. The van der Waals surface area contributed by atoms with Crippen LogP contribution >= 0.6 is 0 Å². The molecule has 1 aliphatic heterocycles. The Bertz CT molecular complexity index is 1520. The zero-order valence-electron chi connectivity index (χ0n) is 23.1. The summed E-state index contributed by atoms with van der Waals surface area (Å²) in [5.74, 6) is 0.364. The Morgan fingerprint density at radius 3 is 1.85 bits per heavy atom. The first-order valence-electron chi connectivity index (χ1n) is 12.6. The standard InChI is InChI=1S/C29H32N2O9S/c1-37-25-11-5-18(13-27(25)39-3)23(32)15-31(22-16-41(35,36)17-24(22)33)21-9-7-20(8-10-21)30-29(34)19-6-12-26(38-2)28(14-19)40-4/h5-14,22,24,33H,15-17H2,1-4H3,(H,30,34)/t22-,24+/m0/s1. The summed E-state index contributed by atoms with van der Waals surface area (Å²) in [5.41, 5.74) is 1.67. The number of amides is 1. The quantitative estimate of drug-likeness (QED) is 0.323. The van der Waals surface area contributed by atoms with E-state index in [1.807, 2.05) is 0 Å². The van der Waals surface area contributed by atoms with Gasteiger partial charge in [0.15, 0.2) is 38.6 Å². The van der Waals surface area contributed by atoms with Gasteiger partial charge in [-0.05, 0) is 60.7 Å². The van der Waals surface area contributed by atoms with Crippen LogP contribution in [0.15, 0.2) is 60.7 Å². The average molecular weight is 585 g/mol. The molecule has 3 aromatic carbocycles. The molecular weight excluding hydrogens is 552 g/mol. The SMILES string of the molecule is COc1ccc(C(=O)CN(c2ccc(NC(=O)c3ccc(OC)c(OC)c3)cc2)[C@H]2CS(=O)(=O)C[C@H]2O)cc1OC. The van der Waals surface area contributed by atoms with Crippen molar-refractivity contribution in [3.63, 3.8) is 0 Å². The fraction of sp³-hybridized carbons (Fsp3) is 0.310. The van der Waals surface area contributed by atoms with Crippen molar-refractivity contribution in [2.45, 2.75) is 12.1 Å². The number of aliphatic hydroxyl groups is 1. The Morgan fingerprint density at radius 1 is 0.805 bits per heavy atom. The van der Waals surface area contributed by atoms with E-state index in [9.17, 15) is 23.1 Å². The molecule has 11 nitrogen and oxygen atoms in total. The number of Topliss-reactive ketones (excluding diaryl/α,β-unsaturated/α-hetero) is 1. The number of aliphatic hydroxyl groups excluding tert-OH is 1. The average Bonchev–Trinajstić information content (AvgIpc) is 3.26. The number of nitrogens with zero attached hydrogens (tertiary/aromatic N) is 1. The van der Waals surface area contributed by atoms with Crippen molar-refractivity contribution < 1.29 is 42.1 Å². The Balaban J connectivity index is 1.58. The van der Waals surface area contributed by atoms with Crippen molar-refractivity contribution >= 4 is 32.9 Å². The van der Waals surface area contributed by atoms with E-state index in [1.54, 1.807) is 65.6 Å². The van der Waals surface area contributed by atoms with Crippen LogP contribution in [0.3, 0.4) is 0 Å². The maximum absolute atomic E-state index is 13.3. The normalized spacial score (nSPS) is 17.4. The molecule has 3 aromatic rings. The van der Waals surface area contributed by atoms with Crippen LogP contribution in [0.2, 0.25) is 0 Å². The highest BCUT2D eigenvalue weighted by Gasteiger charge is 2.41. The molecule has 0 unspecified atom stereocenters. The predicted octanol–water partition coefficient (Wildman–Crippen LogP) is 2.82. The first kappa shape index (κ1) is 29.7. The van der Waals surface area contributed by atoms with Crippen molar-refractivity contribution in [3.8, 4) is 23.0 Å². The molecular formula is C29H32N2O9S. The van der Waals surface area contributed by atoms with Gasteiger partial charge in [-0.2, -0.15) is 0 Å². The lowest BCUT2D eigenvalue weighted by Crippen LogP contribution is -2.46. The number of hydrogen-bond donors (Lipinski definition) is 2. The van der Waals surface area contributed by atoms with E-state index in [4.69, 9.17) is 18.9 Å². The van der Waals surface area contributed by atoms with Crippen LogP contribution in [0.4, 0.5) is 11.4 Å². The molecule has 1 heterocycles. The molecule has 1 fully saturated rings. The topological polar surface area (TPSA) is 141 Å². The number of carbonyl (C=O) groups excluding carboxylic acids is 2. The van der Waals surface area contributed by atoms with Gasteiger partial charge in [-0.15, -0.1) is 0 Å². The molecule has 0 saturated carbocycles. The fourth-order valence-electron chi connectivity index (χ4n) is 4.68. The maximum atomic E-state index is 13.3. The Kier molecular flexibility index (Phi) is 9.04. The Labute approximate surface area is 238 Å². The van der Waals surface area contributed by atoms with Crippen LogP contribution in [-0.2, 0) is 9.84 Å². The van der Waals surface area contributed by atoms with Gasteiger partial charge in [-0.3, -0.25) is 9.59 Å². The minimum Gasteiger partial charge on any atom is -0.493 e. The van der Waals surface area contributed by atoms with E-state index in [2.05, 4.69) is 5.32 Å². The third kappa shape index (κ3) is 6.72. The lowest BCUT2D eigenvalue weighted by Gasteiger charge is -2.32. The number of ketones is 1. The van der Waals surface area contributed by atoms with Crippen molar-refractivity contribution in [2.24, 2.45) is 0 Å². The molecule has 1 aliphatic rings. The van der Waals surface area contributed by atoms with Crippen molar-refractivity contribution in [1.82, 2.24) is 0 Å². The molecule has 4 rings (SSSR count). The second-order valence-corrected chi connectivity index (χ2v) is 11.6. The lowest BCUT2D eigenvalue weighted by molar-refractivity contribution is 0.0988. The van der Waals surface area contributed by atoms with Crippen LogP contribution in [0.25, 0.3) is 0 Å². The van der Waals surface area contributed by atoms with Crippen LogP contribution in [0.1, 0.15) is 20.7 Å². The van der Waals surface area contributed by atoms with E-state index >= 15 is 0 Å². The Hall–Kier alpha value is -4.29. The number of hydrogen-bond acceptors (Lipinski definition) is 10. The molecule has 2 atom stereocenters. The van der Waals surface area contributed by atoms with Crippen LogP contribution in [-0.4, -0.2) is 83.9 Å². The van der Waals surface area contributed by atoms with Gasteiger partial charge >= 0.3 is 0 Å². The molecule has 0 aliphatic carbocycles. The highest BCUT2D eigenvalue weighted by molar-refractivity contribution is 7.91. The third-order valence-electron chi connectivity index (χ3n) is 6.82. The van der Waals surface area contributed by atoms with Gasteiger partial charge < -0.3 is 34.3 Å². The molecule has 41 heavy (non-hydrogen) atoms. The second kappa shape index (κ2) is 12.5. The number of methoxy groups -OCH3 is 4. The third-order valence-corrected chi connectivity index (χ3v) is 8.51. The summed E-state index contributed by atoms with van der Waals surface area (Å²) < 4.78 is 45.7. The van der Waals surface area contributed by atoms with E-state index in [0.717, 1.165) is 0 Å². The molecule has 1 saturated heterocycles. The largest absolute Gasteiger partial charge is 0.493 e. The van der Waals surface area contributed by atoms with Gasteiger partial charge in [0.2, 0.25) is 0 Å². The van der Waals surface area contributed by atoms with E-state index in [0.29, 0.717) is 45.5 Å². The zero-order valence-corrected chi connectivity index (χ0v) is 23.9. The molecule has 2 N–H and O–H groups in total. The Morgan fingerprint density at radius 2 is 1.34 bits per heavy atom. The van der Waals surface area contributed by atoms with Gasteiger partial charge in [0.25, 0.3) is 5.91 Å². The monoisotopic (exact) mass is 584 g/mol. The molecule has 12 heteroatoms. The van der Waals surface area contributed by atoms with Gasteiger partial charge in [0.1, 0.15) is 0 Å². The highest BCUT2D eigenvalue weighted by Crippen LogP contribution is 2.31. The van der Waals surface area contributed by atoms with Crippen LogP contribution in [0, 0.1) is 0 Å². The lowest BCUT2D eigenvalue weighted by atomic mass is 10.1. The summed E-state index contributed by atoms with van der Waals surface area (Å²) in [7, 11) is 2.43. The van der Waals surface area contributed by atoms with Crippen molar-refractivity contribution in [2.75, 3.05) is 56.7 Å². The van der Waals surface area contributed by atoms with Crippen molar-refractivity contribution in [1.29, 1.82) is 0 Å². The van der Waals surface area contributed by atoms with Gasteiger partial charge in [0, 0.05) is 22.5 Å². The van der Waals surface area contributed by atoms with Crippen LogP contribution < -0.4 is 29.2 Å². The second-order valence-electron chi connectivity index (χ2n) is 9.40. The van der Waals surface area contributed by atoms with Gasteiger partial charge in [-0.25, -0.2) is 8.42 Å². The number of sulfone groups is 1. The first-order chi connectivity index (χ1) is 19.6. The van der Waals surface area contributed by atoms with Crippen molar-refractivity contribution in [3.05, 3.63) is 71.8 Å². The molecule has 0 radical (unpaired) electrons. The number of nitrogens with one attached hydrogen (secondary N) is 1. The summed E-state index contributed by atoms with van der Waals surface area (Å²) >= 11 is 0. The molecule has 0 aromatic heterocycles. The summed E-state index contributed by atoms with van der Waals surface area (Å²) in [6, 6.07) is 15.3. The number of carbonyl (C=O) groups is 2. The summed E-state index contributed by atoms with van der Waals surface area (Å²) in [6.45, 7) is -0.204. The minimum absolute atomic E-state index is 0.204. The van der Waals surface area contributed by atoms with E-state index in [1.165, 1.54) is 28.4 Å². The van der Waals surface area contributed by atoms with E-state index in [-0.39, 0.29) is 24.0 Å². The summed E-state index contributed by atoms with van der Waals surface area (Å²) in [6.07, 6.45) is -1.18. The number of anilines is 2. The van der Waals surface area contributed by atoms with Gasteiger partial charge in [0.05, 0.1) is 58.6 Å². The van der Waals surface area contributed by atoms with Gasteiger partial charge in [-0.1, -0.05) is 0 Å². The zero-order chi connectivity index (χ0) is 29.7. The highest BCUT2D eigenvalue weighted by atomic mass is 32.2.